The zero-order chi connectivity index (χ0) is 14.8. The molecule has 2 aromatic heterocycles. The molecule has 3 heterocycles. The Labute approximate surface area is 132 Å². The molecule has 108 valence electrons. The van der Waals surface area contributed by atoms with E-state index in [0.29, 0.717) is 21.7 Å². The molecule has 4 nitrogen and oxygen atoms in total. The monoisotopic (exact) mass is 322 g/mol. The van der Waals surface area contributed by atoms with Crippen LogP contribution in [-0.2, 0) is 9.47 Å². The number of pyridine rings is 2. The Bertz CT molecular complexity index is 687. The summed E-state index contributed by atoms with van der Waals surface area (Å²) in [5.41, 5.74) is 3.28. The normalized spacial score (nSPS) is 25.1. The van der Waals surface area contributed by atoms with Crippen molar-refractivity contribution in [1.82, 2.24) is 9.97 Å². The van der Waals surface area contributed by atoms with E-state index in [0.717, 1.165) is 11.1 Å². The van der Waals surface area contributed by atoms with E-state index in [4.69, 9.17) is 32.7 Å². The van der Waals surface area contributed by atoms with Crippen LogP contribution in [0.25, 0.3) is 11.4 Å². The molecule has 0 spiro atoms. The summed E-state index contributed by atoms with van der Waals surface area (Å²) in [6.45, 7) is 3.80. The molecule has 6 heteroatoms. The van der Waals surface area contributed by atoms with Gasteiger partial charge in [-0.25, -0.2) is 9.97 Å². The van der Waals surface area contributed by atoms with Gasteiger partial charge in [0.1, 0.15) is 22.5 Å². The molecule has 2 unspecified atom stereocenters. The number of fused-ring (bicyclic) bond motifs is 6. The molecule has 4 rings (SSSR count). The van der Waals surface area contributed by atoms with Crippen molar-refractivity contribution in [1.29, 1.82) is 0 Å². The summed E-state index contributed by atoms with van der Waals surface area (Å²) in [7, 11) is 0. The van der Waals surface area contributed by atoms with Gasteiger partial charge in [-0.3, -0.25) is 0 Å². The van der Waals surface area contributed by atoms with Gasteiger partial charge in [0.05, 0.1) is 11.4 Å². The highest BCUT2D eigenvalue weighted by molar-refractivity contribution is 6.30. The number of rotatable bonds is 0. The van der Waals surface area contributed by atoms with Crippen molar-refractivity contribution in [2.75, 3.05) is 0 Å². The quantitative estimate of drug-likeness (QED) is 0.677. The van der Waals surface area contributed by atoms with Crippen LogP contribution in [0.2, 0.25) is 10.3 Å². The van der Waals surface area contributed by atoms with Gasteiger partial charge < -0.3 is 9.47 Å². The molecule has 1 aliphatic heterocycles. The third kappa shape index (κ3) is 2.06. The number of aromatic nitrogens is 2. The second-order valence-corrected chi connectivity index (χ2v) is 6.39. The van der Waals surface area contributed by atoms with Crippen LogP contribution in [0.1, 0.15) is 37.2 Å². The molecule has 2 aliphatic rings. The highest BCUT2D eigenvalue weighted by atomic mass is 35.5. The Hall–Kier alpha value is -1.20. The third-order valence-corrected chi connectivity index (χ3v) is 4.14. The number of hydrogen-bond acceptors (Lipinski definition) is 4. The second kappa shape index (κ2) is 4.40. The van der Waals surface area contributed by atoms with Crippen LogP contribution in [0.5, 0.6) is 0 Å². The lowest BCUT2D eigenvalue weighted by atomic mass is 9.88. The Balaban J connectivity index is 2.00. The first-order valence-corrected chi connectivity index (χ1v) is 7.39. The number of hydrogen-bond donors (Lipinski definition) is 0. The second-order valence-electron chi connectivity index (χ2n) is 5.62. The molecular weight excluding hydrogens is 311 g/mol. The van der Waals surface area contributed by atoms with E-state index < -0.39 is 5.79 Å². The third-order valence-electron chi connectivity index (χ3n) is 3.72. The van der Waals surface area contributed by atoms with Crippen molar-refractivity contribution in [3.05, 3.63) is 45.7 Å². The molecule has 0 bridgehead atoms. The lowest BCUT2D eigenvalue weighted by molar-refractivity contribution is -0.147. The summed E-state index contributed by atoms with van der Waals surface area (Å²) >= 11 is 12.1. The Morgan fingerprint density at radius 3 is 1.71 bits per heavy atom. The van der Waals surface area contributed by atoms with E-state index in [9.17, 15) is 0 Å². The largest absolute Gasteiger partial charge is 0.339 e. The van der Waals surface area contributed by atoms with Crippen molar-refractivity contribution in [3.63, 3.8) is 0 Å². The molecule has 0 amide bonds. The molecule has 2 aromatic rings. The molecular formula is C15H12Cl2N2O2. The maximum Gasteiger partial charge on any atom is 0.164 e. The Morgan fingerprint density at radius 1 is 0.857 bits per heavy atom. The summed E-state index contributed by atoms with van der Waals surface area (Å²) in [6, 6.07) is 7.33. The van der Waals surface area contributed by atoms with E-state index in [1.807, 2.05) is 26.0 Å². The molecule has 1 fully saturated rings. The predicted octanol–water partition coefficient (Wildman–Crippen LogP) is 4.33. The SMILES string of the molecule is CC1(C)OC2c3ccc(Cl)nc3-c3nc(Cl)ccc3C2O1. The van der Waals surface area contributed by atoms with E-state index in [-0.39, 0.29) is 12.2 Å². The van der Waals surface area contributed by atoms with E-state index in [1.165, 1.54) is 0 Å². The van der Waals surface area contributed by atoms with Gasteiger partial charge in [-0.1, -0.05) is 35.3 Å². The van der Waals surface area contributed by atoms with Gasteiger partial charge in [0, 0.05) is 11.1 Å². The van der Waals surface area contributed by atoms with Crippen LogP contribution in [0, 0.1) is 0 Å². The van der Waals surface area contributed by atoms with Crippen LogP contribution in [-0.4, -0.2) is 15.8 Å². The Morgan fingerprint density at radius 2 is 1.29 bits per heavy atom. The summed E-state index contributed by atoms with van der Waals surface area (Å²) in [4.78, 5) is 8.83. The average Bonchev–Trinajstić information content (AvgIpc) is 2.74. The van der Waals surface area contributed by atoms with E-state index >= 15 is 0 Å². The van der Waals surface area contributed by atoms with Crippen LogP contribution in [0.3, 0.4) is 0 Å². The van der Waals surface area contributed by atoms with Crippen LogP contribution >= 0.6 is 23.2 Å². The molecule has 21 heavy (non-hydrogen) atoms. The first-order valence-electron chi connectivity index (χ1n) is 6.63. The summed E-state index contributed by atoms with van der Waals surface area (Å²) in [6.07, 6.45) is -0.425. The summed E-state index contributed by atoms with van der Waals surface area (Å²) in [5.74, 6) is -0.659. The Kier molecular flexibility index (Phi) is 2.82. The number of ether oxygens (including phenoxy) is 2. The van der Waals surface area contributed by atoms with Gasteiger partial charge in [0.25, 0.3) is 0 Å². The average molecular weight is 323 g/mol. The molecule has 0 saturated carbocycles. The summed E-state index contributed by atoms with van der Waals surface area (Å²) in [5, 5.41) is 0.830. The standard InChI is InChI=1S/C15H12Cl2N2O2/c1-15(2)20-13-7-3-5-9(16)18-11(7)12-8(14(13)21-15)4-6-10(17)19-12/h3-6,13-14H,1-2H3. The van der Waals surface area contributed by atoms with Crippen molar-refractivity contribution < 1.29 is 9.47 Å². The fourth-order valence-electron chi connectivity index (χ4n) is 2.95. The minimum absolute atomic E-state index is 0.213. The first kappa shape index (κ1) is 13.5. The van der Waals surface area contributed by atoms with Gasteiger partial charge in [0.15, 0.2) is 5.79 Å². The van der Waals surface area contributed by atoms with Gasteiger partial charge in [-0.2, -0.15) is 0 Å². The van der Waals surface area contributed by atoms with E-state index in [2.05, 4.69) is 9.97 Å². The molecule has 0 N–H and O–H groups in total. The lowest BCUT2D eigenvalue weighted by Gasteiger charge is -2.26. The van der Waals surface area contributed by atoms with Crippen LogP contribution < -0.4 is 0 Å². The van der Waals surface area contributed by atoms with Crippen LogP contribution in [0.4, 0.5) is 0 Å². The smallest absolute Gasteiger partial charge is 0.164 e. The fourth-order valence-corrected chi connectivity index (χ4v) is 3.24. The van der Waals surface area contributed by atoms with Gasteiger partial charge >= 0.3 is 0 Å². The maximum absolute atomic E-state index is 6.04. The van der Waals surface area contributed by atoms with Gasteiger partial charge in [0.2, 0.25) is 0 Å². The maximum atomic E-state index is 6.04. The molecule has 1 aliphatic carbocycles. The van der Waals surface area contributed by atoms with E-state index in [1.54, 1.807) is 12.1 Å². The lowest BCUT2D eigenvalue weighted by Crippen LogP contribution is -2.19. The minimum atomic E-state index is -0.659. The molecule has 1 saturated heterocycles. The summed E-state index contributed by atoms with van der Waals surface area (Å²) < 4.78 is 12.1. The van der Waals surface area contributed by atoms with Gasteiger partial charge in [-0.05, 0) is 26.0 Å². The highest BCUT2D eigenvalue weighted by Crippen LogP contribution is 2.53. The van der Waals surface area contributed by atoms with Crippen LogP contribution in [0.15, 0.2) is 24.3 Å². The van der Waals surface area contributed by atoms with Gasteiger partial charge in [-0.15, -0.1) is 0 Å². The fraction of sp³-hybridized carbons (Fsp3) is 0.333. The van der Waals surface area contributed by atoms with Crippen molar-refractivity contribution >= 4 is 23.2 Å². The zero-order valence-corrected chi connectivity index (χ0v) is 12.9. The van der Waals surface area contributed by atoms with Crippen molar-refractivity contribution in [2.24, 2.45) is 0 Å². The predicted molar refractivity (Wildman–Crippen MR) is 79.2 cm³/mol. The van der Waals surface area contributed by atoms with Crippen molar-refractivity contribution in [3.8, 4) is 11.4 Å². The molecule has 2 atom stereocenters. The topological polar surface area (TPSA) is 44.2 Å². The number of nitrogens with zero attached hydrogens (tertiary/aromatic N) is 2. The highest BCUT2D eigenvalue weighted by Gasteiger charge is 2.48. The molecule has 0 aromatic carbocycles. The minimum Gasteiger partial charge on any atom is -0.339 e. The first-order chi connectivity index (χ1) is 9.94. The number of halogens is 2. The molecule has 0 radical (unpaired) electrons. The van der Waals surface area contributed by atoms with Crippen molar-refractivity contribution in [2.45, 2.75) is 31.8 Å². The zero-order valence-electron chi connectivity index (χ0n) is 11.4.